The third kappa shape index (κ3) is 3.86. The second kappa shape index (κ2) is 7.34. The van der Waals surface area contributed by atoms with Gasteiger partial charge in [0, 0.05) is 31.1 Å². The van der Waals surface area contributed by atoms with E-state index in [1.54, 1.807) is 11.3 Å². The largest absolute Gasteiger partial charge is 0.454 e. The summed E-state index contributed by atoms with van der Waals surface area (Å²) in [5.41, 5.74) is 3.80. The standard InChI is InChI=1S/C18H23NO3S/c1-13-4-7-23-18(13)11-19(5-3-6-20)10-15-9-17-16(8-14(15)2)21-12-22-17/h4,7-9,20H,3,5-6,10-12H2,1-2H3. The van der Waals surface area contributed by atoms with Crippen molar-refractivity contribution in [1.82, 2.24) is 4.90 Å². The maximum atomic E-state index is 9.18. The van der Waals surface area contributed by atoms with Crippen LogP contribution in [0.2, 0.25) is 0 Å². The van der Waals surface area contributed by atoms with Gasteiger partial charge in [0.25, 0.3) is 0 Å². The minimum absolute atomic E-state index is 0.222. The molecule has 0 atom stereocenters. The molecule has 0 spiro atoms. The molecule has 0 fully saturated rings. The highest BCUT2D eigenvalue weighted by molar-refractivity contribution is 7.10. The van der Waals surface area contributed by atoms with Gasteiger partial charge in [0.15, 0.2) is 11.5 Å². The van der Waals surface area contributed by atoms with Crippen molar-refractivity contribution >= 4 is 11.3 Å². The number of aryl methyl sites for hydroxylation is 2. The van der Waals surface area contributed by atoms with E-state index in [9.17, 15) is 5.11 Å². The van der Waals surface area contributed by atoms with Gasteiger partial charge in [0.2, 0.25) is 6.79 Å². The van der Waals surface area contributed by atoms with Crippen LogP contribution < -0.4 is 9.47 Å². The molecular formula is C18H23NO3S. The Morgan fingerprint density at radius 3 is 2.61 bits per heavy atom. The zero-order chi connectivity index (χ0) is 16.2. The SMILES string of the molecule is Cc1cc2c(cc1CN(CCCO)Cc1sccc1C)OCO2. The predicted molar refractivity (Wildman–Crippen MR) is 92.2 cm³/mol. The second-order valence-electron chi connectivity index (χ2n) is 5.95. The van der Waals surface area contributed by atoms with Crippen LogP contribution in [0, 0.1) is 13.8 Å². The molecule has 4 nitrogen and oxygen atoms in total. The van der Waals surface area contributed by atoms with Gasteiger partial charge in [-0.2, -0.15) is 0 Å². The normalized spacial score (nSPS) is 13.0. The summed E-state index contributed by atoms with van der Waals surface area (Å²) < 4.78 is 10.9. The molecule has 1 aromatic heterocycles. The molecule has 1 aromatic carbocycles. The Morgan fingerprint density at radius 2 is 1.91 bits per heavy atom. The van der Waals surface area contributed by atoms with E-state index in [4.69, 9.17) is 9.47 Å². The Kier molecular flexibility index (Phi) is 5.20. The average Bonchev–Trinajstić information content (AvgIpc) is 3.14. The zero-order valence-corrected chi connectivity index (χ0v) is 14.5. The number of benzene rings is 1. The molecule has 0 saturated heterocycles. The van der Waals surface area contributed by atoms with Crippen molar-refractivity contribution in [2.24, 2.45) is 0 Å². The molecular weight excluding hydrogens is 310 g/mol. The molecule has 0 amide bonds. The summed E-state index contributed by atoms with van der Waals surface area (Å²) in [7, 11) is 0. The first-order chi connectivity index (χ1) is 11.2. The summed E-state index contributed by atoms with van der Waals surface area (Å²) in [6, 6.07) is 6.30. The predicted octanol–water partition coefficient (Wildman–Crippen LogP) is 3.48. The van der Waals surface area contributed by atoms with Gasteiger partial charge >= 0.3 is 0 Å². The van der Waals surface area contributed by atoms with E-state index in [0.717, 1.165) is 37.6 Å². The maximum Gasteiger partial charge on any atom is 0.231 e. The number of ether oxygens (including phenoxy) is 2. The van der Waals surface area contributed by atoms with Crippen LogP contribution in [-0.2, 0) is 13.1 Å². The Morgan fingerprint density at radius 1 is 1.13 bits per heavy atom. The van der Waals surface area contributed by atoms with Crippen LogP contribution in [0.25, 0.3) is 0 Å². The van der Waals surface area contributed by atoms with Crippen LogP contribution in [0.1, 0.15) is 28.0 Å². The molecule has 1 aliphatic rings. The lowest BCUT2D eigenvalue weighted by molar-refractivity contribution is 0.173. The smallest absolute Gasteiger partial charge is 0.231 e. The minimum Gasteiger partial charge on any atom is -0.454 e. The molecule has 1 aliphatic heterocycles. The quantitative estimate of drug-likeness (QED) is 0.842. The highest BCUT2D eigenvalue weighted by Gasteiger charge is 2.17. The van der Waals surface area contributed by atoms with Crippen molar-refractivity contribution in [3.05, 3.63) is 45.1 Å². The van der Waals surface area contributed by atoms with E-state index in [1.807, 2.05) is 0 Å². The Bertz CT molecular complexity index is 668. The number of fused-ring (bicyclic) bond motifs is 1. The number of hydrogen-bond donors (Lipinski definition) is 1. The summed E-state index contributed by atoms with van der Waals surface area (Å²) in [4.78, 5) is 3.78. The molecule has 0 bridgehead atoms. The fourth-order valence-electron chi connectivity index (χ4n) is 2.77. The number of aliphatic hydroxyl groups excluding tert-OH is 1. The Balaban J connectivity index is 1.76. The van der Waals surface area contributed by atoms with Crippen LogP contribution in [0.3, 0.4) is 0 Å². The lowest BCUT2D eigenvalue weighted by atomic mass is 10.1. The first-order valence-electron chi connectivity index (χ1n) is 7.92. The molecule has 23 heavy (non-hydrogen) atoms. The van der Waals surface area contributed by atoms with Gasteiger partial charge in [0.05, 0.1) is 0 Å². The van der Waals surface area contributed by atoms with Crippen LogP contribution in [0.15, 0.2) is 23.6 Å². The van der Waals surface area contributed by atoms with Crippen LogP contribution in [-0.4, -0.2) is 30.0 Å². The average molecular weight is 333 g/mol. The number of nitrogens with zero attached hydrogens (tertiary/aromatic N) is 1. The van der Waals surface area contributed by atoms with E-state index in [0.29, 0.717) is 6.79 Å². The number of thiophene rings is 1. The van der Waals surface area contributed by atoms with Gasteiger partial charge in [-0.3, -0.25) is 4.90 Å². The first kappa shape index (κ1) is 16.3. The minimum atomic E-state index is 0.222. The van der Waals surface area contributed by atoms with Crippen LogP contribution >= 0.6 is 11.3 Å². The third-order valence-electron chi connectivity index (χ3n) is 4.19. The number of aliphatic hydroxyl groups is 1. The van der Waals surface area contributed by atoms with E-state index in [2.05, 4.69) is 42.3 Å². The molecule has 0 saturated carbocycles. The summed E-state index contributed by atoms with van der Waals surface area (Å²) in [6.45, 7) is 7.43. The lowest BCUT2D eigenvalue weighted by Crippen LogP contribution is -2.25. The van der Waals surface area contributed by atoms with Crippen molar-refractivity contribution in [1.29, 1.82) is 0 Å². The van der Waals surface area contributed by atoms with Crippen LogP contribution in [0.4, 0.5) is 0 Å². The molecule has 2 heterocycles. The highest BCUT2D eigenvalue weighted by atomic mass is 32.1. The number of rotatable bonds is 7. The van der Waals surface area contributed by atoms with E-state index >= 15 is 0 Å². The molecule has 2 aromatic rings. The van der Waals surface area contributed by atoms with Crippen molar-refractivity contribution in [2.75, 3.05) is 19.9 Å². The summed E-state index contributed by atoms with van der Waals surface area (Å²) in [6.07, 6.45) is 0.786. The summed E-state index contributed by atoms with van der Waals surface area (Å²) >= 11 is 1.80. The van der Waals surface area contributed by atoms with Gasteiger partial charge in [-0.1, -0.05) is 0 Å². The van der Waals surface area contributed by atoms with Crippen molar-refractivity contribution < 1.29 is 14.6 Å². The lowest BCUT2D eigenvalue weighted by Gasteiger charge is -2.23. The van der Waals surface area contributed by atoms with E-state index in [-0.39, 0.29) is 6.61 Å². The van der Waals surface area contributed by atoms with Gasteiger partial charge in [-0.25, -0.2) is 0 Å². The Labute approximate surface area is 141 Å². The summed E-state index contributed by atoms with van der Waals surface area (Å²) in [5.74, 6) is 1.67. The summed E-state index contributed by atoms with van der Waals surface area (Å²) in [5, 5.41) is 11.3. The van der Waals surface area contributed by atoms with Crippen LogP contribution in [0.5, 0.6) is 11.5 Å². The number of hydrogen-bond acceptors (Lipinski definition) is 5. The van der Waals surface area contributed by atoms with Gasteiger partial charge in [-0.05, 0) is 60.5 Å². The molecule has 5 heteroatoms. The maximum absolute atomic E-state index is 9.18. The third-order valence-corrected chi connectivity index (χ3v) is 5.20. The fourth-order valence-corrected chi connectivity index (χ4v) is 3.72. The fraction of sp³-hybridized carbons (Fsp3) is 0.444. The molecule has 0 aliphatic carbocycles. The van der Waals surface area contributed by atoms with E-state index < -0.39 is 0 Å². The zero-order valence-electron chi connectivity index (χ0n) is 13.7. The molecule has 1 N–H and O–H groups in total. The van der Waals surface area contributed by atoms with Crippen molar-refractivity contribution in [3.8, 4) is 11.5 Å². The molecule has 124 valence electrons. The van der Waals surface area contributed by atoms with E-state index in [1.165, 1.54) is 21.6 Å². The molecule has 0 radical (unpaired) electrons. The van der Waals surface area contributed by atoms with Crippen molar-refractivity contribution in [3.63, 3.8) is 0 Å². The first-order valence-corrected chi connectivity index (χ1v) is 8.80. The monoisotopic (exact) mass is 333 g/mol. The van der Waals surface area contributed by atoms with Gasteiger partial charge in [0.1, 0.15) is 0 Å². The Hall–Kier alpha value is -1.56. The van der Waals surface area contributed by atoms with Gasteiger partial charge in [-0.15, -0.1) is 11.3 Å². The second-order valence-corrected chi connectivity index (χ2v) is 6.95. The molecule has 3 rings (SSSR count). The highest BCUT2D eigenvalue weighted by Crippen LogP contribution is 2.35. The molecule has 0 unspecified atom stereocenters. The van der Waals surface area contributed by atoms with Gasteiger partial charge < -0.3 is 14.6 Å². The van der Waals surface area contributed by atoms with Crippen molar-refractivity contribution in [2.45, 2.75) is 33.4 Å². The topological polar surface area (TPSA) is 41.9 Å².